The fraction of sp³-hybridized carbons (Fsp3) is 0.391. The second-order valence-electron chi connectivity index (χ2n) is 7.84. The van der Waals surface area contributed by atoms with E-state index in [1.54, 1.807) is 19.2 Å². The van der Waals surface area contributed by atoms with Gasteiger partial charge in [0.1, 0.15) is 0 Å². The third kappa shape index (κ3) is 7.77. The lowest BCUT2D eigenvalue weighted by molar-refractivity contribution is -0.122. The Balaban J connectivity index is 0.00000363. The lowest BCUT2D eigenvalue weighted by Gasteiger charge is -2.24. The summed E-state index contributed by atoms with van der Waals surface area (Å²) in [5, 5.41) is 9.54. The number of hydrogen-bond acceptors (Lipinski definition) is 4. The summed E-state index contributed by atoms with van der Waals surface area (Å²) in [5.74, 6) is 0.947. The number of hydrogen-bond donors (Lipinski definition) is 3. The molecule has 1 aliphatic carbocycles. The first-order chi connectivity index (χ1) is 14.8. The lowest BCUT2D eigenvalue weighted by atomic mass is 9.85. The Morgan fingerprint density at radius 3 is 2.38 bits per heavy atom. The number of guanidine groups is 1. The molecule has 0 atom stereocenters. The normalized spacial score (nSPS) is 14.1. The lowest BCUT2D eigenvalue weighted by Crippen LogP contribution is -2.37. The average molecular weight is 570 g/mol. The Morgan fingerprint density at radius 2 is 1.78 bits per heavy atom. The van der Waals surface area contributed by atoms with Gasteiger partial charge in [-0.25, -0.2) is 8.42 Å². The molecule has 0 bridgehead atoms. The van der Waals surface area contributed by atoms with Crippen molar-refractivity contribution in [2.45, 2.75) is 37.1 Å². The molecular formula is C23H31IN4O3S. The van der Waals surface area contributed by atoms with Gasteiger partial charge in [0, 0.05) is 38.0 Å². The number of anilines is 1. The van der Waals surface area contributed by atoms with Crippen LogP contribution in [0.3, 0.4) is 0 Å². The van der Waals surface area contributed by atoms with Gasteiger partial charge >= 0.3 is 0 Å². The van der Waals surface area contributed by atoms with Crippen LogP contribution in [-0.2, 0) is 27.6 Å². The van der Waals surface area contributed by atoms with E-state index in [2.05, 4.69) is 20.9 Å². The van der Waals surface area contributed by atoms with Crippen LogP contribution in [-0.4, -0.2) is 40.1 Å². The van der Waals surface area contributed by atoms with E-state index in [0.717, 1.165) is 42.5 Å². The van der Waals surface area contributed by atoms with E-state index in [9.17, 15) is 13.2 Å². The van der Waals surface area contributed by atoms with Gasteiger partial charge in [-0.3, -0.25) is 9.79 Å². The highest BCUT2D eigenvalue weighted by Crippen LogP contribution is 2.27. The van der Waals surface area contributed by atoms with E-state index in [1.807, 2.05) is 36.4 Å². The van der Waals surface area contributed by atoms with E-state index in [-0.39, 0.29) is 35.8 Å². The fourth-order valence-electron chi connectivity index (χ4n) is 3.31. The number of rotatable bonds is 8. The van der Waals surface area contributed by atoms with Crippen LogP contribution in [0.2, 0.25) is 0 Å². The van der Waals surface area contributed by atoms with Crippen LogP contribution in [0.5, 0.6) is 0 Å². The molecule has 2 aromatic rings. The number of carbonyl (C=O) groups excluding carboxylic acids is 1. The molecule has 0 aliphatic heterocycles. The summed E-state index contributed by atoms with van der Waals surface area (Å²) in [7, 11) is -1.46. The van der Waals surface area contributed by atoms with Crippen molar-refractivity contribution in [3.63, 3.8) is 0 Å². The van der Waals surface area contributed by atoms with E-state index >= 15 is 0 Å². The van der Waals surface area contributed by atoms with Crippen molar-refractivity contribution in [1.82, 2.24) is 10.6 Å². The summed E-state index contributed by atoms with van der Waals surface area (Å²) in [6.45, 7) is 1.24. The number of halogens is 1. The Morgan fingerprint density at radius 1 is 1.06 bits per heavy atom. The van der Waals surface area contributed by atoms with Gasteiger partial charge in [0.15, 0.2) is 15.8 Å². The zero-order valence-electron chi connectivity index (χ0n) is 18.4. The molecule has 0 spiro atoms. The van der Waals surface area contributed by atoms with Gasteiger partial charge in [0.05, 0.1) is 4.90 Å². The van der Waals surface area contributed by atoms with Gasteiger partial charge in [-0.15, -0.1) is 24.0 Å². The second-order valence-corrected chi connectivity index (χ2v) is 9.85. The van der Waals surface area contributed by atoms with Crippen LogP contribution in [0.25, 0.3) is 0 Å². The highest BCUT2D eigenvalue weighted by Gasteiger charge is 2.25. The third-order valence-corrected chi connectivity index (χ3v) is 6.54. The minimum atomic E-state index is -3.17. The summed E-state index contributed by atoms with van der Waals surface area (Å²) in [5.41, 5.74) is 2.91. The number of nitrogens with zero attached hydrogens (tertiary/aromatic N) is 1. The maximum Gasteiger partial charge on any atom is 0.227 e. The molecule has 1 fully saturated rings. The molecule has 174 valence electrons. The van der Waals surface area contributed by atoms with E-state index < -0.39 is 9.84 Å². The zero-order valence-corrected chi connectivity index (χ0v) is 21.6. The van der Waals surface area contributed by atoms with Gasteiger partial charge in [-0.1, -0.05) is 30.7 Å². The molecule has 0 heterocycles. The minimum Gasteiger partial charge on any atom is -0.356 e. The molecule has 1 aliphatic rings. The summed E-state index contributed by atoms with van der Waals surface area (Å²) in [6, 6.07) is 14.7. The van der Waals surface area contributed by atoms with Crippen LogP contribution in [0.1, 0.15) is 30.4 Å². The van der Waals surface area contributed by atoms with Gasteiger partial charge in [0.2, 0.25) is 5.91 Å². The van der Waals surface area contributed by atoms with Crippen LogP contribution in [0.15, 0.2) is 58.4 Å². The SMILES string of the molecule is CN=C(NCCc1ccc(S(C)(=O)=O)cc1)NCc1cccc(NC(=O)C2CCC2)c1.I. The van der Waals surface area contributed by atoms with Gasteiger partial charge in [0.25, 0.3) is 0 Å². The first-order valence-electron chi connectivity index (χ1n) is 10.5. The maximum atomic E-state index is 12.1. The highest BCUT2D eigenvalue weighted by molar-refractivity contribution is 14.0. The predicted octanol–water partition coefficient (Wildman–Crippen LogP) is 3.35. The van der Waals surface area contributed by atoms with Gasteiger partial charge < -0.3 is 16.0 Å². The van der Waals surface area contributed by atoms with Crippen molar-refractivity contribution in [2.24, 2.45) is 10.9 Å². The summed E-state index contributed by atoms with van der Waals surface area (Å²) in [4.78, 5) is 16.7. The Hall–Kier alpha value is -2.14. The van der Waals surface area contributed by atoms with Crippen molar-refractivity contribution in [3.8, 4) is 0 Å². The molecule has 3 N–H and O–H groups in total. The van der Waals surface area contributed by atoms with Crippen molar-refractivity contribution in [3.05, 3.63) is 59.7 Å². The zero-order chi connectivity index (χ0) is 22.3. The molecule has 9 heteroatoms. The smallest absolute Gasteiger partial charge is 0.227 e. The quantitative estimate of drug-likeness (QED) is 0.257. The molecule has 32 heavy (non-hydrogen) atoms. The van der Waals surface area contributed by atoms with Crippen LogP contribution in [0.4, 0.5) is 5.69 Å². The number of carbonyl (C=O) groups is 1. The number of benzene rings is 2. The Bertz CT molecular complexity index is 1040. The number of amides is 1. The molecule has 7 nitrogen and oxygen atoms in total. The summed E-state index contributed by atoms with van der Waals surface area (Å²) >= 11 is 0. The first kappa shape index (κ1) is 26.1. The van der Waals surface area contributed by atoms with E-state index in [0.29, 0.717) is 23.9 Å². The number of aliphatic imine (C=N–C) groups is 1. The summed E-state index contributed by atoms with van der Waals surface area (Å²) in [6.07, 6.45) is 5.05. The Labute approximate surface area is 207 Å². The van der Waals surface area contributed by atoms with Crippen LogP contribution < -0.4 is 16.0 Å². The highest BCUT2D eigenvalue weighted by atomic mass is 127. The van der Waals surface area contributed by atoms with Crippen LogP contribution >= 0.6 is 24.0 Å². The number of sulfone groups is 1. The molecule has 1 saturated carbocycles. The fourth-order valence-corrected chi connectivity index (χ4v) is 3.94. The third-order valence-electron chi connectivity index (χ3n) is 5.41. The topological polar surface area (TPSA) is 99.7 Å². The van der Waals surface area contributed by atoms with Crippen molar-refractivity contribution >= 4 is 51.4 Å². The predicted molar refractivity (Wildman–Crippen MR) is 139 cm³/mol. The van der Waals surface area contributed by atoms with Crippen molar-refractivity contribution in [1.29, 1.82) is 0 Å². The molecular weight excluding hydrogens is 539 g/mol. The Kier molecular flexibility index (Phi) is 9.95. The minimum absolute atomic E-state index is 0. The second kappa shape index (κ2) is 12.2. The molecule has 3 rings (SSSR count). The maximum absolute atomic E-state index is 12.1. The van der Waals surface area contributed by atoms with Crippen LogP contribution in [0, 0.1) is 5.92 Å². The van der Waals surface area contributed by atoms with Gasteiger partial charge in [-0.05, 0) is 54.7 Å². The van der Waals surface area contributed by atoms with E-state index in [4.69, 9.17) is 0 Å². The molecule has 0 saturated heterocycles. The number of nitrogens with one attached hydrogen (secondary N) is 3. The standard InChI is InChI=1S/C23H30N4O3S.HI/c1-24-23(25-14-13-17-9-11-21(12-10-17)31(2,29)30)26-16-18-5-3-8-20(15-18)27-22(28)19-6-4-7-19;/h3,5,8-12,15,19H,4,6-7,13-14,16H2,1-2H3,(H,27,28)(H2,24,25,26);1H. The molecule has 0 radical (unpaired) electrons. The molecule has 1 amide bonds. The summed E-state index contributed by atoms with van der Waals surface area (Å²) < 4.78 is 23.1. The molecule has 0 aromatic heterocycles. The molecule has 2 aromatic carbocycles. The average Bonchev–Trinajstić information content (AvgIpc) is 2.69. The largest absolute Gasteiger partial charge is 0.356 e. The van der Waals surface area contributed by atoms with Crippen molar-refractivity contribution < 1.29 is 13.2 Å². The molecule has 0 unspecified atom stereocenters. The van der Waals surface area contributed by atoms with E-state index in [1.165, 1.54) is 6.26 Å². The van der Waals surface area contributed by atoms with Gasteiger partial charge in [-0.2, -0.15) is 0 Å². The van der Waals surface area contributed by atoms with Crippen molar-refractivity contribution in [2.75, 3.05) is 25.2 Å². The monoisotopic (exact) mass is 570 g/mol. The first-order valence-corrected chi connectivity index (χ1v) is 12.4.